The van der Waals surface area contributed by atoms with Gasteiger partial charge in [-0.15, -0.1) is 0 Å². The number of rotatable bonds is 3. The van der Waals surface area contributed by atoms with E-state index in [9.17, 15) is 14.0 Å². The second-order valence-corrected chi connectivity index (χ2v) is 8.49. The molecule has 0 aliphatic carbocycles. The minimum atomic E-state index is -0.607. The van der Waals surface area contributed by atoms with Crippen molar-refractivity contribution >= 4 is 33.6 Å². The SMILES string of the molecule is CC(C)(C)S/N=C(\c1ccc(F)c(Br)c1)c1cccc(F)c1C#N. The number of nitriles is 1. The van der Waals surface area contributed by atoms with Crippen LogP contribution in [0.4, 0.5) is 8.78 Å². The van der Waals surface area contributed by atoms with Gasteiger partial charge in [0.1, 0.15) is 17.7 Å². The molecule has 2 rings (SSSR count). The van der Waals surface area contributed by atoms with Gasteiger partial charge in [0, 0.05) is 15.9 Å². The Labute approximate surface area is 152 Å². The summed E-state index contributed by atoms with van der Waals surface area (Å²) in [5.41, 5.74) is 1.34. The van der Waals surface area contributed by atoms with Crippen molar-refractivity contribution in [3.63, 3.8) is 0 Å². The molecule has 0 unspecified atom stereocenters. The maximum Gasteiger partial charge on any atom is 0.141 e. The lowest BCUT2D eigenvalue weighted by Gasteiger charge is -2.16. The fraction of sp³-hybridized carbons (Fsp3) is 0.222. The Bertz CT molecular complexity index is 836. The van der Waals surface area contributed by atoms with E-state index in [0.717, 1.165) is 0 Å². The molecule has 0 spiro atoms. The third kappa shape index (κ3) is 4.43. The molecule has 0 radical (unpaired) electrons. The summed E-state index contributed by atoms with van der Waals surface area (Å²) in [5, 5.41) is 9.30. The Hall–Kier alpha value is -1.71. The van der Waals surface area contributed by atoms with E-state index in [1.807, 2.05) is 26.8 Å². The van der Waals surface area contributed by atoms with Gasteiger partial charge in [-0.3, -0.25) is 0 Å². The highest BCUT2D eigenvalue weighted by atomic mass is 79.9. The summed E-state index contributed by atoms with van der Waals surface area (Å²) in [4.78, 5) is 0. The molecule has 6 heteroatoms. The van der Waals surface area contributed by atoms with Crippen molar-refractivity contribution in [3.8, 4) is 6.07 Å². The van der Waals surface area contributed by atoms with Crippen LogP contribution in [0.1, 0.15) is 37.5 Å². The van der Waals surface area contributed by atoms with Crippen molar-refractivity contribution in [3.05, 3.63) is 69.2 Å². The van der Waals surface area contributed by atoms with Gasteiger partial charge in [0.2, 0.25) is 0 Å². The lowest BCUT2D eigenvalue weighted by Crippen LogP contribution is -2.10. The molecular weight excluding hydrogens is 394 g/mol. The predicted octanol–water partition coefficient (Wildman–Crippen LogP) is 5.88. The molecule has 0 fully saturated rings. The van der Waals surface area contributed by atoms with Crippen LogP contribution in [0.15, 0.2) is 45.3 Å². The third-order valence-electron chi connectivity index (χ3n) is 2.98. The molecule has 2 aromatic carbocycles. The van der Waals surface area contributed by atoms with E-state index in [2.05, 4.69) is 20.3 Å². The summed E-state index contributed by atoms with van der Waals surface area (Å²) in [6.45, 7) is 5.99. The molecule has 0 bridgehead atoms. The van der Waals surface area contributed by atoms with Crippen LogP contribution >= 0.6 is 27.9 Å². The summed E-state index contributed by atoms with van der Waals surface area (Å²) >= 11 is 4.47. The van der Waals surface area contributed by atoms with Crippen LogP contribution in [0.2, 0.25) is 0 Å². The highest BCUT2D eigenvalue weighted by molar-refractivity contribution is 9.10. The highest BCUT2D eigenvalue weighted by Gasteiger charge is 2.18. The molecule has 0 heterocycles. The van der Waals surface area contributed by atoms with Gasteiger partial charge in [-0.25, -0.2) is 13.2 Å². The number of nitrogens with zero attached hydrogens (tertiary/aromatic N) is 2. The summed E-state index contributed by atoms with van der Waals surface area (Å²) in [6, 6.07) is 10.7. The van der Waals surface area contributed by atoms with Crippen molar-refractivity contribution in [2.24, 2.45) is 4.40 Å². The van der Waals surface area contributed by atoms with Crippen LogP contribution in [0.5, 0.6) is 0 Å². The van der Waals surface area contributed by atoms with E-state index in [-0.39, 0.29) is 14.8 Å². The number of halogens is 3. The zero-order valence-electron chi connectivity index (χ0n) is 13.4. The Morgan fingerprint density at radius 3 is 2.46 bits per heavy atom. The standard InChI is InChI=1S/C18H15BrF2N2S/c1-18(2,3)24-23-17(11-7-8-16(21)14(19)9-11)12-5-4-6-15(20)13(12)10-22/h4-9H,1-3H3/b23-17+. The minimum Gasteiger partial charge on any atom is -0.215 e. The fourth-order valence-corrected chi connectivity index (χ4v) is 2.87. The molecule has 124 valence electrons. The van der Waals surface area contributed by atoms with E-state index < -0.39 is 11.6 Å². The zero-order valence-corrected chi connectivity index (χ0v) is 15.8. The summed E-state index contributed by atoms with van der Waals surface area (Å²) < 4.78 is 32.2. The Balaban J connectivity index is 2.67. The second-order valence-electron chi connectivity index (χ2n) is 6.05. The monoisotopic (exact) mass is 408 g/mol. The first-order valence-corrected chi connectivity index (χ1v) is 8.70. The Kier molecular flexibility index (Phi) is 5.79. The first-order chi connectivity index (χ1) is 11.2. The molecule has 0 aromatic heterocycles. The Morgan fingerprint density at radius 2 is 1.88 bits per heavy atom. The predicted molar refractivity (Wildman–Crippen MR) is 98.2 cm³/mol. The van der Waals surface area contributed by atoms with Gasteiger partial charge in [-0.2, -0.15) is 5.26 Å². The van der Waals surface area contributed by atoms with Crippen molar-refractivity contribution in [2.45, 2.75) is 25.5 Å². The smallest absolute Gasteiger partial charge is 0.141 e. The molecule has 0 aliphatic heterocycles. The van der Waals surface area contributed by atoms with Crippen molar-refractivity contribution in [1.82, 2.24) is 0 Å². The van der Waals surface area contributed by atoms with E-state index >= 15 is 0 Å². The maximum atomic E-state index is 14.0. The van der Waals surface area contributed by atoms with Gasteiger partial charge in [-0.1, -0.05) is 12.1 Å². The first kappa shape index (κ1) is 18.6. The van der Waals surface area contributed by atoms with Gasteiger partial charge >= 0.3 is 0 Å². The van der Waals surface area contributed by atoms with Crippen molar-refractivity contribution < 1.29 is 8.78 Å². The number of benzene rings is 2. The fourth-order valence-electron chi connectivity index (χ4n) is 1.92. The molecule has 0 aliphatic rings. The van der Waals surface area contributed by atoms with Crippen LogP contribution < -0.4 is 0 Å². The molecule has 0 N–H and O–H groups in total. The molecule has 2 nitrogen and oxygen atoms in total. The van der Waals surface area contributed by atoms with Crippen LogP contribution in [0.3, 0.4) is 0 Å². The summed E-state index contributed by atoms with van der Waals surface area (Å²) in [6.07, 6.45) is 0. The van der Waals surface area contributed by atoms with E-state index in [4.69, 9.17) is 0 Å². The lowest BCUT2D eigenvalue weighted by atomic mass is 9.98. The van der Waals surface area contributed by atoms with Crippen LogP contribution in [0.25, 0.3) is 0 Å². The highest BCUT2D eigenvalue weighted by Crippen LogP contribution is 2.29. The molecule has 2 aromatic rings. The molecule has 0 atom stereocenters. The molecule has 0 amide bonds. The molecule has 0 saturated carbocycles. The largest absolute Gasteiger partial charge is 0.215 e. The summed E-state index contributed by atoms with van der Waals surface area (Å²) in [5.74, 6) is -1.01. The summed E-state index contributed by atoms with van der Waals surface area (Å²) in [7, 11) is 0. The maximum absolute atomic E-state index is 14.0. The van der Waals surface area contributed by atoms with Gasteiger partial charge < -0.3 is 0 Å². The first-order valence-electron chi connectivity index (χ1n) is 7.13. The van der Waals surface area contributed by atoms with Crippen LogP contribution in [-0.4, -0.2) is 10.5 Å². The molecule has 24 heavy (non-hydrogen) atoms. The second kappa shape index (κ2) is 7.45. The van der Waals surface area contributed by atoms with Gasteiger partial charge in [-0.05, 0) is 72.9 Å². The minimum absolute atomic E-state index is 0.0776. The van der Waals surface area contributed by atoms with Gasteiger partial charge in [0.05, 0.1) is 15.7 Å². The zero-order chi connectivity index (χ0) is 17.9. The number of hydrogen-bond donors (Lipinski definition) is 0. The number of hydrogen-bond acceptors (Lipinski definition) is 3. The van der Waals surface area contributed by atoms with Crippen LogP contribution in [0, 0.1) is 23.0 Å². The average molecular weight is 409 g/mol. The topological polar surface area (TPSA) is 36.1 Å². The average Bonchev–Trinajstić information content (AvgIpc) is 2.50. The van der Waals surface area contributed by atoms with Crippen LogP contribution in [-0.2, 0) is 0 Å². The van der Waals surface area contributed by atoms with Gasteiger partial charge in [0.25, 0.3) is 0 Å². The van der Waals surface area contributed by atoms with E-state index in [0.29, 0.717) is 16.8 Å². The Morgan fingerprint density at radius 1 is 1.17 bits per heavy atom. The third-order valence-corrected chi connectivity index (χ3v) is 4.41. The lowest BCUT2D eigenvalue weighted by molar-refractivity contribution is 0.621. The quantitative estimate of drug-likeness (QED) is 0.469. The van der Waals surface area contributed by atoms with E-state index in [1.54, 1.807) is 18.2 Å². The van der Waals surface area contributed by atoms with Crippen molar-refractivity contribution in [1.29, 1.82) is 5.26 Å². The van der Waals surface area contributed by atoms with Crippen molar-refractivity contribution in [2.75, 3.05) is 0 Å². The molecular formula is C18H15BrF2N2S. The van der Waals surface area contributed by atoms with E-state index in [1.165, 1.54) is 30.1 Å². The van der Waals surface area contributed by atoms with Gasteiger partial charge in [0.15, 0.2) is 0 Å². The normalized spacial score (nSPS) is 12.1. The molecule has 0 saturated heterocycles.